The van der Waals surface area contributed by atoms with E-state index >= 15 is 0 Å². The maximum absolute atomic E-state index is 13.2. The number of amides is 1. The molecule has 0 bridgehead atoms. The van der Waals surface area contributed by atoms with Crippen LogP contribution in [0, 0.1) is 5.82 Å². The van der Waals surface area contributed by atoms with Crippen LogP contribution in [0.3, 0.4) is 0 Å². The van der Waals surface area contributed by atoms with Crippen molar-refractivity contribution in [2.75, 3.05) is 31.5 Å². The Labute approximate surface area is 215 Å². The summed E-state index contributed by atoms with van der Waals surface area (Å²) < 4.78 is 40.4. The highest BCUT2D eigenvalue weighted by Gasteiger charge is 2.28. The topological polar surface area (TPSA) is 69.7 Å². The first-order valence-corrected chi connectivity index (χ1v) is 13.7. The molecule has 4 aromatic carbocycles. The quantitative estimate of drug-likeness (QED) is 0.406. The summed E-state index contributed by atoms with van der Waals surface area (Å²) in [6.45, 7) is 2.82. The number of hydrogen-bond acceptors (Lipinski definition) is 4. The first kappa shape index (κ1) is 23.8. The van der Waals surface area contributed by atoms with E-state index in [-0.39, 0.29) is 10.8 Å². The summed E-state index contributed by atoms with van der Waals surface area (Å²) in [7, 11) is -3.61. The normalized spacial score (nSPS) is 16.3. The molecule has 0 aromatic heterocycles. The van der Waals surface area contributed by atoms with Crippen molar-refractivity contribution in [2.45, 2.75) is 17.9 Å². The van der Waals surface area contributed by atoms with Gasteiger partial charge in [-0.2, -0.15) is 4.31 Å². The van der Waals surface area contributed by atoms with Crippen LogP contribution in [-0.4, -0.2) is 49.7 Å². The Morgan fingerprint density at radius 2 is 1.51 bits per heavy atom. The minimum Gasteiger partial charge on any atom is -0.321 e. The van der Waals surface area contributed by atoms with Crippen LogP contribution < -0.4 is 5.32 Å². The fourth-order valence-corrected chi connectivity index (χ4v) is 6.65. The van der Waals surface area contributed by atoms with Crippen molar-refractivity contribution in [1.29, 1.82) is 0 Å². The highest BCUT2D eigenvalue weighted by Crippen LogP contribution is 2.35. The molecule has 4 aromatic rings. The van der Waals surface area contributed by atoms with Gasteiger partial charge in [0.2, 0.25) is 10.0 Å². The number of piperazine rings is 1. The van der Waals surface area contributed by atoms with E-state index in [1.807, 2.05) is 18.2 Å². The molecule has 2 heterocycles. The van der Waals surface area contributed by atoms with Gasteiger partial charge in [-0.3, -0.25) is 9.69 Å². The van der Waals surface area contributed by atoms with Crippen LogP contribution >= 0.6 is 0 Å². The highest BCUT2D eigenvalue weighted by atomic mass is 32.2. The van der Waals surface area contributed by atoms with Crippen molar-refractivity contribution < 1.29 is 17.6 Å². The average Bonchev–Trinajstić information content (AvgIpc) is 3.24. The predicted molar refractivity (Wildman–Crippen MR) is 142 cm³/mol. The standard InChI is InChI=1S/C29H26FN3O3S/c30-23-9-11-24(12-10-23)37(35,36)33-16-14-32(15-17-33)19-21-6-4-20(5-7-21)18-22-8-13-27-28-25(22)2-1-3-26(28)29(34)31-27/h1-13H,14-19H2,(H,31,34). The van der Waals surface area contributed by atoms with Crippen molar-refractivity contribution in [3.8, 4) is 0 Å². The maximum Gasteiger partial charge on any atom is 0.256 e. The zero-order chi connectivity index (χ0) is 25.6. The molecule has 0 unspecified atom stereocenters. The van der Waals surface area contributed by atoms with Crippen LogP contribution in [0.1, 0.15) is 27.0 Å². The Kier molecular flexibility index (Phi) is 6.03. The van der Waals surface area contributed by atoms with Crippen LogP contribution in [0.4, 0.5) is 10.1 Å². The Morgan fingerprint density at radius 1 is 0.811 bits per heavy atom. The number of nitrogens with one attached hydrogen (secondary N) is 1. The molecule has 0 aliphatic carbocycles. The summed E-state index contributed by atoms with van der Waals surface area (Å²) in [5.41, 5.74) is 5.16. The van der Waals surface area contributed by atoms with Crippen LogP contribution in [0.2, 0.25) is 0 Å². The molecule has 0 saturated carbocycles. The number of benzene rings is 4. The molecular weight excluding hydrogens is 489 g/mol. The summed E-state index contributed by atoms with van der Waals surface area (Å²) in [4.78, 5) is 14.6. The molecule has 6 nitrogen and oxygen atoms in total. The maximum atomic E-state index is 13.2. The van der Waals surface area contributed by atoms with Crippen molar-refractivity contribution in [2.24, 2.45) is 0 Å². The molecule has 37 heavy (non-hydrogen) atoms. The molecule has 1 amide bonds. The molecule has 0 atom stereocenters. The second kappa shape index (κ2) is 9.37. The van der Waals surface area contributed by atoms with E-state index in [0.717, 1.165) is 35.0 Å². The minimum atomic E-state index is -3.61. The third-order valence-electron chi connectivity index (χ3n) is 7.23. The number of nitrogens with zero attached hydrogens (tertiary/aromatic N) is 2. The van der Waals surface area contributed by atoms with E-state index in [0.29, 0.717) is 26.2 Å². The van der Waals surface area contributed by atoms with E-state index in [1.165, 1.54) is 45.3 Å². The third-order valence-corrected chi connectivity index (χ3v) is 9.14. The van der Waals surface area contributed by atoms with Crippen molar-refractivity contribution in [3.63, 3.8) is 0 Å². The number of rotatable bonds is 6. The minimum absolute atomic E-state index is 0.0454. The van der Waals surface area contributed by atoms with Gasteiger partial charge in [0.1, 0.15) is 5.82 Å². The largest absolute Gasteiger partial charge is 0.321 e. The average molecular weight is 516 g/mol. The van der Waals surface area contributed by atoms with Gasteiger partial charge in [-0.1, -0.05) is 42.5 Å². The number of halogens is 1. The van der Waals surface area contributed by atoms with Gasteiger partial charge < -0.3 is 5.32 Å². The van der Waals surface area contributed by atoms with Gasteiger partial charge >= 0.3 is 0 Å². The van der Waals surface area contributed by atoms with Crippen LogP contribution in [0.5, 0.6) is 0 Å². The molecule has 8 heteroatoms. The smallest absolute Gasteiger partial charge is 0.256 e. The fourth-order valence-electron chi connectivity index (χ4n) is 5.23. The van der Waals surface area contributed by atoms with E-state index in [2.05, 4.69) is 46.6 Å². The van der Waals surface area contributed by atoms with Crippen molar-refractivity contribution >= 4 is 32.4 Å². The van der Waals surface area contributed by atoms with Gasteiger partial charge in [0.05, 0.1) is 4.90 Å². The number of hydrogen-bond donors (Lipinski definition) is 1. The Hall–Kier alpha value is -3.59. The van der Waals surface area contributed by atoms with E-state index in [9.17, 15) is 17.6 Å². The predicted octanol–water partition coefficient (Wildman–Crippen LogP) is 4.64. The van der Waals surface area contributed by atoms with Gasteiger partial charge in [-0.25, -0.2) is 12.8 Å². The summed E-state index contributed by atoms with van der Waals surface area (Å²) in [6.07, 6.45) is 0.772. The van der Waals surface area contributed by atoms with Crippen LogP contribution in [-0.2, 0) is 23.0 Å². The molecule has 0 spiro atoms. The molecule has 2 aliphatic rings. The zero-order valence-corrected chi connectivity index (χ0v) is 21.0. The lowest BCUT2D eigenvalue weighted by Gasteiger charge is -2.34. The zero-order valence-electron chi connectivity index (χ0n) is 20.2. The van der Waals surface area contributed by atoms with Crippen molar-refractivity contribution in [3.05, 3.63) is 107 Å². The van der Waals surface area contributed by atoms with Crippen molar-refractivity contribution in [1.82, 2.24) is 9.21 Å². The van der Waals surface area contributed by atoms with Gasteiger partial charge in [0, 0.05) is 49.4 Å². The lowest BCUT2D eigenvalue weighted by molar-refractivity contribution is 0.103. The van der Waals surface area contributed by atoms with E-state index < -0.39 is 15.8 Å². The molecule has 1 fully saturated rings. The van der Waals surface area contributed by atoms with Crippen LogP contribution in [0.25, 0.3) is 10.8 Å². The highest BCUT2D eigenvalue weighted by molar-refractivity contribution is 7.89. The number of carbonyl (C=O) groups excluding carboxylic acids is 1. The molecule has 1 saturated heterocycles. The Bertz CT molecular complexity index is 1590. The fraction of sp³-hybridized carbons (Fsp3) is 0.207. The lowest BCUT2D eigenvalue weighted by atomic mass is 9.95. The molecular formula is C29H26FN3O3S. The number of sulfonamides is 1. The molecule has 2 aliphatic heterocycles. The summed E-state index contributed by atoms with van der Waals surface area (Å²) in [6, 6.07) is 23.5. The SMILES string of the molecule is O=C1Nc2ccc(Cc3ccc(CN4CCN(S(=O)(=O)c5ccc(F)cc5)CC4)cc3)c3cccc1c23. The summed E-state index contributed by atoms with van der Waals surface area (Å²) >= 11 is 0. The first-order valence-electron chi connectivity index (χ1n) is 12.3. The van der Waals surface area contributed by atoms with E-state index in [4.69, 9.17) is 0 Å². The summed E-state index contributed by atoms with van der Waals surface area (Å²) in [5, 5.41) is 5.04. The van der Waals surface area contributed by atoms with Gasteiger partial charge in [0.15, 0.2) is 0 Å². The Morgan fingerprint density at radius 3 is 2.24 bits per heavy atom. The Balaban J connectivity index is 1.09. The third kappa shape index (κ3) is 4.52. The number of anilines is 1. The second-order valence-corrected chi connectivity index (χ2v) is 11.5. The van der Waals surface area contributed by atoms with E-state index in [1.54, 1.807) is 0 Å². The molecule has 6 rings (SSSR count). The van der Waals surface area contributed by atoms with Crippen LogP contribution in [0.15, 0.2) is 83.8 Å². The van der Waals surface area contributed by atoms with Gasteiger partial charge in [-0.05, 0) is 64.9 Å². The molecule has 1 N–H and O–H groups in total. The van der Waals surface area contributed by atoms with Gasteiger partial charge in [-0.15, -0.1) is 0 Å². The summed E-state index contributed by atoms with van der Waals surface area (Å²) in [5.74, 6) is -0.496. The molecule has 188 valence electrons. The molecule has 0 radical (unpaired) electrons. The second-order valence-electron chi connectivity index (χ2n) is 9.58. The monoisotopic (exact) mass is 515 g/mol. The lowest BCUT2D eigenvalue weighted by Crippen LogP contribution is -2.48. The van der Waals surface area contributed by atoms with Gasteiger partial charge in [0.25, 0.3) is 5.91 Å². The number of carbonyl (C=O) groups is 1. The first-order chi connectivity index (χ1) is 17.9.